The number of aromatic nitrogens is 2. The van der Waals surface area contributed by atoms with Gasteiger partial charge in [0.25, 0.3) is 5.91 Å². The maximum atomic E-state index is 12.3. The molecule has 0 unspecified atom stereocenters. The zero-order valence-electron chi connectivity index (χ0n) is 16.1. The lowest BCUT2D eigenvalue weighted by Crippen LogP contribution is -2.32. The number of carbonyl (C=O) groups excluding carboxylic acids is 2. The average molecular weight is 378 g/mol. The van der Waals surface area contributed by atoms with Gasteiger partial charge in [-0.05, 0) is 49.2 Å². The molecule has 2 amide bonds. The summed E-state index contributed by atoms with van der Waals surface area (Å²) >= 11 is 0. The second-order valence-electron chi connectivity index (χ2n) is 6.47. The maximum Gasteiger partial charge on any atom is 0.251 e. The first-order valence-electron chi connectivity index (χ1n) is 9.04. The normalized spacial score (nSPS) is 10.5. The van der Waals surface area contributed by atoms with Crippen LogP contribution in [-0.4, -0.2) is 28.5 Å². The number of amides is 2. The van der Waals surface area contributed by atoms with Gasteiger partial charge in [-0.1, -0.05) is 30.3 Å². The summed E-state index contributed by atoms with van der Waals surface area (Å²) in [5.74, 6) is 0.430. The number of nitrogens with zero attached hydrogens (tertiary/aromatic N) is 2. The highest BCUT2D eigenvalue weighted by molar-refractivity contribution is 5.99. The van der Waals surface area contributed by atoms with E-state index in [0.29, 0.717) is 29.4 Å². The van der Waals surface area contributed by atoms with Crippen molar-refractivity contribution in [2.45, 2.75) is 27.2 Å². The number of aryl methyl sites for hydroxylation is 3. The molecule has 0 saturated heterocycles. The first kappa shape index (κ1) is 19.3. The summed E-state index contributed by atoms with van der Waals surface area (Å²) in [6.45, 7) is 5.81. The molecule has 7 nitrogen and oxygen atoms in total. The lowest BCUT2D eigenvalue weighted by Gasteiger charge is -2.09. The van der Waals surface area contributed by atoms with Crippen LogP contribution in [0.2, 0.25) is 0 Å². The van der Waals surface area contributed by atoms with Gasteiger partial charge >= 0.3 is 0 Å². The third kappa shape index (κ3) is 4.62. The van der Waals surface area contributed by atoms with Crippen LogP contribution < -0.4 is 10.6 Å². The number of anilines is 1. The van der Waals surface area contributed by atoms with Gasteiger partial charge in [0.05, 0.1) is 6.54 Å². The van der Waals surface area contributed by atoms with Gasteiger partial charge in [0, 0.05) is 23.2 Å². The molecule has 0 radical (unpaired) electrons. The van der Waals surface area contributed by atoms with Gasteiger partial charge in [0.15, 0.2) is 0 Å². The summed E-state index contributed by atoms with van der Waals surface area (Å²) in [5, 5.41) is 9.29. The van der Waals surface area contributed by atoms with Crippen LogP contribution in [-0.2, 0) is 11.2 Å². The van der Waals surface area contributed by atoms with E-state index in [1.807, 2.05) is 39.0 Å². The highest BCUT2D eigenvalue weighted by Gasteiger charge is 2.11. The number of benzene rings is 2. The third-order valence-corrected chi connectivity index (χ3v) is 4.38. The molecular weight excluding hydrogens is 356 g/mol. The summed E-state index contributed by atoms with van der Waals surface area (Å²) in [7, 11) is 0. The molecule has 7 heteroatoms. The monoisotopic (exact) mass is 378 g/mol. The smallest absolute Gasteiger partial charge is 0.251 e. The Morgan fingerprint density at radius 2 is 1.79 bits per heavy atom. The summed E-state index contributed by atoms with van der Waals surface area (Å²) in [6.07, 6.45) is 0.664. The first-order valence-corrected chi connectivity index (χ1v) is 9.04. The van der Waals surface area contributed by atoms with Crippen molar-refractivity contribution >= 4 is 17.5 Å². The molecule has 3 rings (SSSR count). The number of hydrogen-bond donors (Lipinski definition) is 2. The average Bonchev–Trinajstić information content (AvgIpc) is 3.18. The Kier molecular flexibility index (Phi) is 5.84. The summed E-state index contributed by atoms with van der Waals surface area (Å²) in [5.41, 5.74) is 4.16. The molecule has 0 aliphatic rings. The van der Waals surface area contributed by atoms with Crippen LogP contribution in [0.25, 0.3) is 11.4 Å². The predicted octanol–water partition coefficient (Wildman–Crippen LogP) is 3.28. The largest absolute Gasteiger partial charge is 0.343 e. The molecular formula is C21H22N4O3. The van der Waals surface area contributed by atoms with Crippen LogP contribution in [0.15, 0.2) is 47.0 Å². The molecule has 0 aliphatic carbocycles. The van der Waals surface area contributed by atoms with Gasteiger partial charge < -0.3 is 15.2 Å². The van der Waals surface area contributed by atoms with E-state index >= 15 is 0 Å². The Balaban J connectivity index is 1.55. The third-order valence-electron chi connectivity index (χ3n) is 4.38. The number of nitrogens with one attached hydrogen (secondary N) is 2. The van der Waals surface area contributed by atoms with E-state index in [4.69, 9.17) is 4.52 Å². The quantitative estimate of drug-likeness (QED) is 0.686. The van der Waals surface area contributed by atoms with Crippen molar-refractivity contribution in [3.8, 4) is 11.4 Å². The highest BCUT2D eigenvalue weighted by Crippen LogP contribution is 2.17. The number of hydrogen-bond acceptors (Lipinski definition) is 5. The van der Waals surface area contributed by atoms with E-state index in [9.17, 15) is 9.59 Å². The van der Waals surface area contributed by atoms with Gasteiger partial charge in [-0.15, -0.1) is 0 Å². The molecule has 1 heterocycles. The second kappa shape index (κ2) is 8.47. The Morgan fingerprint density at radius 1 is 1.04 bits per heavy atom. The van der Waals surface area contributed by atoms with Crippen molar-refractivity contribution < 1.29 is 14.1 Å². The Morgan fingerprint density at radius 3 is 2.43 bits per heavy atom. The Bertz CT molecular complexity index is 993. The maximum absolute atomic E-state index is 12.3. The molecule has 0 aliphatic heterocycles. The van der Waals surface area contributed by atoms with Gasteiger partial charge in [-0.2, -0.15) is 4.98 Å². The lowest BCUT2D eigenvalue weighted by molar-refractivity contribution is -0.115. The molecule has 0 spiro atoms. The van der Waals surface area contributed by atoms with E-state index in [-0.39, 0.29) is 18.4 Å². The van der Waals surface area contributed by atoms with Gasteiger partial charge in [0.2, 0.25) is 17.6 Å². The van der Waals surface area contributed by atoms with Gasteiger partial charge in [-0.25, -0.2) is 0 Å². The van der Waals surface area contributed by atoms with E-state index in [1.165, 1.54) is 0 Å². The molecule has 0 bridgehead atoms. The van der Waals surface area contributed by atoms with Crippen molar-refractivity contribution in [3.05, 3.63) is 65.0 Å². The van der Waals surface area contributed by atoms with E-state index < -0.39 is 0 Å². The summed E-state index contributed by atoms with van der Waals surface area (Å²) in [4.78, 5) is 28.6. The Labute approximate surface area is 163 Å². The zero-order chi connectivity index (χ0) is 20.1. The van der Waals surface area contributed by atoms with Crippen LogP contribution in [0.1, 0.15) is 34.3 Å². The fourth-order valence-corrected chi connectivity index (χ4v) is 2.57. The molecule has 144 valence electrons. The fraction of sp³-hybridized carbons (Fsp3) is 0.238. The molecule has 0 fully saturated rings. The lowest BCUT2D eigenvalue weighted by atomic mass is 10.1. The molecule has 0 atom stereocenters. The van der Waals surface area contributed by atoms with Crippen LogP contribution in [0, 0.1) is 13.8 Å². The molecule has 2 aromatic carbocycles. The van der Waals surface area contributed by atoms with Crippen LogP contribution in [0.3, 0.4) is 0 Å². The SMILES string of the molecule is CCc1nc(-c2ccc(C(=O)NCC(=O)Nc3ccc(C)c(C)c3)cc2)no1. The molecule has 2 N–H and O–H groups in total. The minimum Gasteiger partial charge on any atom is -0.343 e. The highest BCUT2D eigenvalue weighted by atomic mass is 16.5. The molecule has 0 saturated carbocycles. The van der Waals surface area contributed by atoms with Crippen molar-refractivity contribution in [2.75, 3.05) is 11.9 Å². The van der Waals surface area contributed by atoms with Gasteiger partial charge in [0.1, 0.15) is 0 Å². The van der Waals surface area contributed by atoms with Crippen LogP contribution in [0.5, 0.6) is 0 Å². The standard InChI is InChI=1S/C21H22N4O3/c1-4-19-24-20(25-28-19)15-6-8-16(9-7-15)21(27)22-12-18(26)23-17-10-5-13(2)14(3)11-17/h5-11H,4,12H2,1-3H3,(H,22,27)(H,23,26). The number of rotatable bonds is 6. The number of carbonyl (C=O) groups is 2. The zero-order valence-corrected chi connectivity index (χ0v) is 16.1. The van der Waals surface area contributed by atoms with Gasteiger partial charge in [-0.3, -0.25) is 9.59 Å². The van der Waals surface area contributed by atoms with E-state index in [1.54, 1.807) is 24.3 Å². The van der Waals surface area contributed by atoms with Crippen LogP contribution in [0.4, 0.5) is 5.69 Å². The topological polar surface area (TPSA) is 97.1 Å². The molecule has 28 heavy (non-hydrogen) atoms. The summed E-state index contributed by atoms with van der Waals surface area (Å²) < 4.78 is 5.09. The first-order chi connectivity index (χ1) is 13.5. The van der Waals surface area contributed by atoms with Crippen molar-refractivity contribution in [1.29, 1.82) is 0 Å². The molecule has 3 aromatic rings. The minimum absolute atomic E-state index is 0.113. The molecule has 1 aromatic heterocycles. The Hall–Kier alpha value is -3.48. The minimum atomic E-state index is -0.329. The van der Waals surface area contributed by atoms with Crippen molar-refractivity contribution in [1.82, 2.24) is 15.5 Å². The van der Waals surface area contributed by atoms with Crippen molar-refractivity contribution in [3.63, 3.8) is 0 Å². The van der Waals surface area contributed by atoms with E-state index in [2.05, 4.69) is 20.8 Å². The second-order valence-corrected chi connectivity index (χ2v) is 6.47. The van der Waals surface area contributed by atoms with Crippen LogP contribution >= 0.6 is 0 Å². The van der Waals surface area contributed by atoms with Crippen molar-refractivity contribution in [2.24, 2.45) is 0 Å². The van der Waals surface area contributed by atoms with E-state index in [0.717, 1.165) is 16.7 Å². The summed E-state index contributed by atoms with van der Waals surface area (Å²) in [6, 6.07) is 12.5. The predicted molar refractivity (Wildman–Crippen MR) is 106 cm³/mol. The fourth-order valence-electron chi connectivity index (χ4n) is 2.57.